The van der Waals surface area contributed by atoms with Crippen molar-refractivity contribution in [3.05, 3.63) is 48.5 Å². The number of anilines is 1. The summed E-state index contributed by atoms with van der Waals surface area (Å²) in [5.41, 5.74) is 1.20. The molecule has 2 aromatic rings. The maximum Gasteiger partial charge on any atom is 0.257 e. The van der Waals surface area contributed by atoms with Crippen LogP contribution in [0.3, 0.4) is 0 Å². The fourth-order valence-electron chi connectivity index (χ4n) is 3.92. The number of fused-ring (bicyclic) bond motifs is 3. The van der Waals surface area contributed by atoms with Gasteiger partial charge in [0.15, 0.2) is 0 Å². The Kier molecular flexibility index (Phi) is 3.81. The molecule has 1 saturated heterocycles. The number of ether oxygens (including phenoxy) is 1. The Balaban J connectivity index is 1.51. The first kappa shape index (κ1) is 16.2. The fraction of sp³-hybridized carbons (Fsp3) is 0.400. The molecule has 0 N–H and O–H groups in total. The average Bonchev–Trinajstić information content (AvgIpc) is 3.42. The molecule has 2 aliphatic heterocycles. The Bertz CT molecular complexity index is 884. The van der Waals surface area contributed by atoms with Gasteiger partial charge in [-0.2, -0.15) is 0 Å². The van der Waals surface area contributed by atoms with E-state index in [0.29, 0.717) is 36.7 Å². The summed E-state index contributed by atoms with van der Waals surface area (Å²) in [7, 11) is 0. The van der Waals surface area contributed by atoms with Crippen molar-refractivity contribution >= 4 is 17.5 Å². The Morgan fingerprint density at radius 3 is 2.74 bits per heavy atom. The summed E-state index contributed by atoms with van der Waals surface area (Å²) in [6, 6.07) is 7.14. The molecule has 1 aromatic carbocycles. The molecule has 2 unspecified atom stereocenters. The third kappa shape index (κ3) is 2.93. The second-order valence-electron chi connectivity index (χ2n) is 7.44. The second-order valence-corrected chi connectivity index (χ2v) is 7.44. The maximum absolute atomic E-state index is 13.5. The van der Waals surface area contributed by atoms with Crippen LogP contribution in [0.2, 0.25) is 0 Å². The zero-order chi connectivity index (χ0) is 18.4. The highest BCUT2D eigenvalue weighted by Gasteiger charge is 2.46. The van der Waals surface area contributed by atoms with Crippen molar-refractivity contribution in [2.24, 2.45) is 5.92 Å². The number of amides is 2. The summed E-state index contributed by atoms with van der Waals surface area (Å²) in [6.07, 6.45) is 6.96. The molecule has 1 aromatic heterocycles. The number of benzene rings is 1. The van der Waals surface area contributed by atoms with Crippen LogP contribution in [-0.2, 0) is 4.79 Å². The van der Waals surface area contributed by atoms with E-state index in [-0.39, 0.29) is 17.9 Å². The Morgan fingerprint density at radius 2 is 1.96 bits per heavy atom. The van der Waals surface area contributed by atoms with E-state index >= 15 is 0 Å². The lowest BCUT2D eigenvalue weighted by molar-refractivity contribution is -0.122. The van der Waals surface area contributed by atoms with E-state index in [9.17, 15) is 9.59 Å². The Hall–Kier alpha value is -2.96. The van der Waals surface area contributed by atoms with Crippen LogP contribution in [0.15, 0.2) is 43.0 Å². The largest absolute Gasteiger partial charge is 0.486 e. The predicted octanol–water partition coefficient (Wildman–Crippen LogP) is 1.90. The van der Waals surface area contributed by atoms with Gasteiger partial charge in [0.05, 0.1) is 17.8 Å². The fourth-order valence-corrected chi connectivity index (χ4v) is 3.92. The van der Waals surface area contributed by atoms with Crippen LogP contribution in [0, 0.1) is 5.92 Å². The molecule has 2 fully saturated rings. The number of para-hydroxylation sites is 2. The number of hydrogen-bond donors (Lipinski definition) is 0. The lowest BCUT2D eigenvalue weighted by Gasteiger charge is -2.31. The quantitative estimate of drug-likeness (QED) is 0.831. The number of likely N-dealkylation sites (tertiary alicyclic amines) is 1. The molecule has 1 aliphatic carbocycles. The van der Waals surface area contributed by atoms with E-state index in [1.807, 2.05) is 29.2 Å². The summed E-state index contributed by atoms with van der Waals surface area (Å²) in [5, 5.41) is 0. The Labute approximate surface area is 157 Å². The van der Waals surface area contributed by atoms with E-state index < -0.39 is 6.04 Å². The first-order chi connectivity index (χ1) is 13.2. The number of nitrogens with zero attached hydrogens (tertiary/aromatic N) is 4. The molecule has 138 valence electrons. The van der Waals surface area contributed by atoms with Gasteiger partial charge in [0.25, 0.3) is 5.91 Å². The number of rotatable bonds is 3. The number of carbonyl (C=O) groups is 2. The van der Waals surface area contributed by atoms with Gasteiger partial charge in [0.2, 0.25) is 5.91 Å². The summed E-state index contributed by atoms with van der Waals surface area (Å²) in [4.78, 5) is 37.8. The van der Waals surface area contributed by atoms with Crippen LogP contribution >= 0.6 is 0 Å². The van der Waals surface area contributed by atoms with Gasteiger partial charge in [-0.15, -0.1) is 0 Å². The number of carbonyl (C=O) groups excluding carboxylic acids is 2. The number of aromatic nitrogens is 2. The summed E-state index contributed by atoms with van der Waals surface area (Å²) < 4.78 is 6.21. The van der Waals surface area contributed by atoms with Crippen molar-refractivity contribution in [3.63, 3.8) is 0 Å². The lowest BCUT2D eigenvalue weighted by Crippen LogP contribution is -2.48. The standard InChI is InChI=1S/C20H20N4O3/c25-19(14-8-21-12-22-9-14)24-11-15-7-17(24)20(26)23(10-13-5-6-13)16-3-1-2-4-18(16)27-15/h1-4,8-9,12-13,15,17H,5-7,10-11H2. The summed E-state index contributed by atoms with van der Waals surface area (Å²) >= 11 is 0. The molecule has 3 heterocycles. The van der Waals surface area contributed by atoms with E-state index in [1.54, 1.807) is 4.90 Å². The molecule has 7 heteroatoms. The summed E-state index contributed by atoms with van der Waals surface area (Å²) in [5.74, 6) is 1.00. The molecule has 2 atom stereocenters. The first-order valence-corrected chi connectivity index (χ1v) is 9.34. The van der Waals surface area contributed by atoms with E-state index in [0.717, 1.165) is 18.5 Å². The molecule has 1 saturated carbocycles. The molecule has 2 amide bonds. The van der Waals surface area contributed by atoms with Crippen LogP contribution < -0.4 is 9.64 Å². The minimum atomic E-state index is -0.519. The zero-order valence-corrected chi connectivity index (χ0v) is 14.8. The van der Waals surface area contributed by atoms with Gasteiger partial charge in [-0.25, -0.2) is 9.97 Å². The number of hydrogen-bond acceptors (Lipinski definition) is 5. The molecular weight excluding hydrogens is 344 g/mol. The average molecular weight is 364 g/mol. The van der Waals surface area contributed by atoms with Gasteiger partial charge < -0.3 is 14.5 Å². The SMILES string of the molecule is O=C1C2CC(CN2C(=O)c2cncnc2)Oc2ccccc2N1CC1CC1. The topological polar surface area (TPSA) is 75.6 Å². The van der Waals surface area contributed by atoms with E-state index in [2.05, 4.69) is 9.97 Å². The van der Waals surface area contributed by atoms with Gasteiger partial charge in [-0.3, -0.25) is 9.59 Å². The smallest absolute Gasteiger partial charge is 0.257 e. The summed E-state index contributed by atoms with van der Waals surface area (Å²) in [6.45, 7) is 1.06. The molecule has 3 aliphatic rings. The highest BCUT2D eigenvalue weighted by Crippen LogP contribution is 2.39. The van der Waals surface area contributed by atoms with Gasteiger partial charge in [0.1, 0.15) is 24.2 Å². The highest BCUT2D eigenvalue weighted by molar-refractivity contribution is 6.03. The van der Waals surface area contributed by atoms with Crippen molar-refractivity contribution in [3.8, 4) is 5.75 Å². The second kappa shape index (κ2) is 6.33. The molecule has 0 spiro atoms. The molecule has 2 bridgehead atoms. The first-order valence-electron chi connectivity index (χ1n) is 9.34. The molecule has 7 nitrogen and oxygen atoms in total. The molecular formula is C20H20N4O3. The van der Waals surface area contributed by atoms with E-state index in [4.69, 9.17) is 4.74 Å². The lowest BCUT2D eigenvalue weighted by atomic mass is 10.1. The van der Waals surface area contributed by atoms with Crippen LogP contribution in [0.4, 0.5) is 5.69 Å². The minimum absolute atomic E-state index is 0.0228. The zero-order valence-electron chi connectivity index (χ0n) is 14.8. The van der Waals surface area contributed by atoms with Crippen molar-refractivity contribution in [2.45, 2.75) is 31.4 Å². The third-order valence-electron chi connectivity index (χ3n) is 5.47. The molecule has 5 rings (SSSR count). The molecule has 0 radical (unpaired) electrons. The van der Waals surface area contributed by atoms with Crippen LogP contribution in [-0.4, -0.2) is 51.9 Å². The predicted molar refractivity (Wildman–Crippen MR) is 97.4 cm³/mol. The normalized spacial score (nSPS) is 24.1. The third-order valence-corrected chi connectivity index (χ3v) is 5.47. The van der Waals surface area contributed by atoms with Crippen molar-refractivity contribution in [2.75, 3.05) is 18.0 Å². The van der Waals surface area contributed by atoms with Gasteiger partial charge in [-0.1, -0.05) is 12.1 Å². The maximum atomic E-state index is 13.5. The van der Waals surface area contributed by atoms with Gasteiger partial charge in [-0.05, 0) is 30.9 Å². The molecule has 27 heavy (non-hydrogen) atoms. The van der Waals surface area contributed by atoms with Crippen LogP contribution in [0.1, 0.15) is 29.6 Å². The van der Waals surface area contributed by atoms with Crippen LogP contribution in [0.5, 0.6) is 5.75 Å². The monoisotopic (exact) mass is 364 g/mol. The van der Waals surface area contributed by atoms with Crippen molar-refractivity contribution in [1.82, 2.24) is 14.9 Å². The Morgan fingerprint density at radius 1 is 1.19 bits per heavy atom. The minimum Gasteiger partial charge on any atom is -0.486 e. The van der Waals surface area contributed by atoms with Crippen molar-refractivity contribution < 1.29 is 14.3 Å². The van der Waals surface area contributed by atoms with E-state index in [1.165, 1.54) is 18.7 Å². The van der Waals surface area contributed by atoms with Gasteiger partial charge >= 0.3 is 0 Å². The van der Waals surface area contributed by atoms with Gasteiger partial charge in [0, 0.05) is 25.4 Å². The van der Waals surface area contributed by atoms with Crippen molar-refractivity contribution in [1.29, 1.82) is 0 Å². The van der Waals surface area contributed by atoms with Crippen LogP contribution in [0.25, 0.3) is 0 Å². The highest BCUT2D eigenvalue weighted by atomic mass is 16.5.